The van der Waals surface area contributed by atoms with Gasteiger partial charge in [-0.15, -0.1) is 0 Å². The second-order valence-corrected chi connectivity index (χ2v) is 7.44. The van der Waals surface area contributed by atoms with Crippen LogP contribution < -0.4 is 0 Å². The highest BCUT2D eigenvalue weighted by molar-refractivity contribution is 6.08. The van der Waals surface area contributed by atoms with E-state index in [9.17, 15) is 4.79 Å². The molecule has 1 aromatic heterocycles. The van der Waals surface area contributed by atoms with Crippen molar-refractivity contribution in [3.05, 3.63) is 120 Å². The molecule has 1 heterocycles. The van der Waals surface area contributed by atoms with Gasteiger partial charge in [-0.05, 0) is 34.0 Å². The van der Waals surface area contributed by atoms with E-state index in [-0.39, 0.29) is 5.91 Å². The molecule has 0 aliphatic carbocycles. The average Bonchev–Trinajstić information content (AvgIpc) is 3.24. The van der Waals surface area contributed by atoms with Crippen molar-refractivity contribution in [1.29, 1.82) is 0 Å². The Morgan fingerprint density at radius 3 is 1.93 bits per heavy atom. The van der Waals surface area contributed by atoms with Gasteiger partial charge in [0.1, 0.15) is 5.58 Å². The SMILES string of the molecule is O=C(c1cc2c(ccc3ccccc32)o1)N(Cc1ccccc1)Cc1ccccc1. The summed E-state index contributed by atoms with van der Waals surface area (Å²) in [6, 6.07) is 34.1. The van der Waals surface area contributed by atoms with Gasteiger partial charge >= 0.3 is 0 Å². The Labute approximate surface area is 175 Å². The smallest absolute Gasteiger partial charge is 0.290 e. The van der Waals surface area contributed by atoms with Crippen molar-refractivity contribution in [3.8, 4) is 0 Å². The van der Waals surface area contributed by atoms with Gasteiger partial charge in [-0.3, -0.25) is 4.79 Å². The summed E-state index contributed by atoms with van der Waals surface area (Å²) in [6.07, 6.45) is 0. The first kappa shape index (κ1) is 18.2. The van der Waals surface area contributed by atoms with E-state index in [2.05, 4.69) is 12.1 Å². The van der Waals surface area contributed by atoms with E-state index in [1.54, 1.807) is 0 Å². The Balaban J connectivity index is 1.53. The van der Waals surface area contributed by atoms with Crippen molar-refractivity contribution >= 4 is 27.6 Å². The van der Waals surface area contributed by atoms with Crippen molar-refractivity contribution in [2.24, 2.45) is 0 Å². The van der Waals surface area contributed by atoms with Crippen LogP contribution >= 0.6 is 0 Å². The van der Waals surface area contributed by atoms with Crippen LogP contribution in [-0.2, 0) is 13.1 Å². The van der Waals surface area contributed by atoms with Crippen molar-refractivity contribution in [2.45, 2.75) is 13.1 Å². The molecule has 0 atom stereocenters. The summed E-state index contributed by atoms with van der Waals surface area (Å²) in [4.78, 5) is 15.3. The zero-order valence-corrected chi connectivity index (χ0v) is 16.5. The van der Waals surface area contributed by atoms with Crippen LogP contribution in [0.1, 0.15) is 21.7 Å². The molecule has 0 aliphatic heterocycles. The van der Waals surface area contributed by atoms with Crippen LogP contribution in [0.25, 0.3) is 21.7 Å². The lowest BCUT2D eigenvalue weighted by atomic mass is 10.1. The minimum Gasteiger partial charge on any atom is -0.451 e. The lowest BCUT2D eigenvalue weighted by molar-refractivity contribution is 0.0700. The first-order chi connectivity index (χ1) is 14.8. The number of fused-ring (bicyclic) bond motifs is 3. The Hall–Kier alpha value is -3.85. The summed E-state index contributed by atoms with van der Waals surface area (Å²) in [5.41, 5.74) is 2.91. The molecule has 4 aromatic carbocycles. The van der Waals surface area contributed by atoms with Crippen LogP contribution in [-0.4, -0.2) is 10.8 Å². The molecule has 0 N–H and O–H groups in total. The summed E-state index contributed by atoms with van der Waals surface area (Å²) < 4.78 is 6.00. The molecular weight excluding hydrogens is 370 g/mol. The van der Waals surface area contributed by atoms with Crippen molar-refractivity contribution in [3.63, 3.8) is 0 Å². The fourth-order valence-electron chi connectivity index (χ4n) is 3.86. The second kappa shape index (κ2) is 7.88. The van der Waals surface area contributed by atoms with E-state index in [0.29, 0.717) is 18.8 Å². The third-order valence-corrected chi connectivity index (χ3v) is 5.36. The Morgan fingerprint density at radius 1 is 0.667 bits per heavy atom. The zero-order chi connectivity index (χ0) is 20.3. The van der Waals surface area contributed by atoms with Gasteiger partial charge in [0.2, 0.25) is 0 Å². The fraction of sp³-hybridized carbons (Fsp3) is 0.0741. The lowest BCUT2D eigenvalue weighted by Gasteiger charge is -2.22. The van der Waals surface area contributed by atoms with Gasteiger partial charge in [0, 0.05) is 18.5 Å². The summed E-state index contributed by atoms with van der Waals surface area (Å²) >= 11 is 0. The highest BCUT2D eigenvalue weighted by atomic mass is 16.3. The molecule has 5 aromatic rings. The second-order valence-electron chi connectivity index (χ2n) is 7.44. The predicted octanol–water partition coefficient (Wildman–Crippen LogP) is 6.43. The standard InChI is InChI=1S/C27H21NO2/c29-27(26-17-24-23-14-8-7-13-22(23)15-16-25(24)30-26)28(18-20-9-3-1-4-10-20)19-21-11-5-2-6-12-21/h1-17H,18-19H2. The molecule has 3 nitrogen and oxygen atoms in total. The fourth-order valence-corrected chi connectivity index (χ4v) is 3.86. The number of furan rings is 1. The highest BCUT2D eigenvalue weighted by Crippen LogP contribution is 2.29. The van der Waals surface area contributed by atoms with Gasteiger partial charge in [-0.2, -0.15) is 0 Å². The van der Waals surface area contributed by atoms with Crippen LogP contribution in [0.15, 0.2) is 108 Å². The maximum Gasteiger partial charge on any atom is 0.290 e. The van der Waals surface area contributed by atoms with Gasteiger partial charge < -0.3 is 9.32 Å². The van der Waals surface area contributed by atoms with E-state index < -0.39 is 0 Å². The number of hydrogen-bond donors (Lipinski definition) is 0. The first-order valence-corrected chi connectivity index (χ1v) is 10.1. The van der Waals surface area contributed by atoms with Crippen LogP contribution in [0.5, 0.6) is 0 Å². The molecule has 0 saturated heterocycles. The largest absolute Gasteiger partial charge is 0.451 e. The molecule has 0 saturated carbocycles. The molecule has 0 radical (unpaired) electrons. The van der Waals surface area contributed by atoms with Crippen molar-refractivity contribution in [2.75, 3.05) is 0 Å². The van der Waals surface area contributed by atoms with Crippen LogP contribution in [0, 0.1) is 0 Å². The topological polar surface area (TPSA) is 33.5 Å². The number of rotatable bonds is 5. The van der Waals surface area contributed by atoms with E-state index >= 15 is 0 Å². The van der Waals surface area contributed by atoms with E-state index in [0.717, 1.165) is 32.9 Å². The first-order valence-electron chi connectivity index (χ1n) is 10.1. The summed E-state index contributed by atoms with van der Waals surface area (Å²) in [7, 11) is 0. The van der Waals surface area contributed by atoms with E-state index in [1.807, 2.05) is 95.9 Å². The molecule has 1 amide bonds. The molecule has 146 valence electrons. The Bertz CT molecular complexity index is 1260. The summed E-state index contributed by atoms with van der Waals surface area (Å²) in [6.45, 7) is 1.04. The lowest BCUT2D eigenvalue weighted by Crippen LogP contribution is -2.29. The van der Waals surface area contributed by atoms with Gasteiger partial charge in [-0.25, -0.2) is 0 Å². The average molecular weight is 391 g/mol. The quantitative estimate of drug-likeness (QED) is 0.346. The molecule has 0 bridgehead atoms. The third-order valence-electron chi connectivity index (χ3n) is 5.36. The number of amides is 1. The number of benzene rings is 4. The zero-order valence-electron chi connectivity index (χ0n) is 16.5. The molecular formula is C27H21NO2. The van der Waals surface area contributed by atoms with Crippen LogP contribution in [0.3, 0.4) is 0 Å². The number of nitrogens with zero attached hydrogens (tertiary/aromatic N) is 1. The van der Waals surface area contributed by atoms with Gasteiger partial charge in [0.05, 0.1) is 0 Å². The molecule has 0 fully saturated rings. The number of carbonyl (C=O) groups excluding carboxylic acids is 1. The normalized spacial score (nSPS) is 11.1. The Morgan fingerprint density at radius 2 is 1.27 bits per heavy atom. The minimum absolute atomic E-state index is 0.108. The van der Waals surface area contributed by atoms with Crippen LogP contribution in [0.2, 0.25) is 0 Å². The molecule has 3 heteroatoms. The van der Waals surface area contributed by atoms with E-state index in [4.69, 9.17) is 4.42 Å². The van der Waals surface area contributed by atoms with E-state index in [1.165, 1.54) is 0 Å². The maximum atomic E-state index is 13.5. The molecule has 0 aliphatic rings. The van der Waals surface area contributed by atoms with Gasteiger partial charge in [-0.1, -0.05) is 91.0 Å². The Kier molecular flexibility index (Phi) is 4.78. The van der Waals surface area contributed by atoms with Gasteiger partial charge in [0.15, 0.2) is 5.76 Å². The predicted molar refractivity (Wildman–Crippen MR) is 120 cm³/mol. The molecule has 0 spiro atoms. The molecule has 30 heavy (non-hydrogen) atoms. The summed E-state index contributed by atoms with van der Waals surface area (Å²) in [5.74, 6) is 0.260. The van der Waals surface area contributed by atoms with Crippen molar-refractivity contribution in [1.82, 2.24) is 4.90 Å². The molecule has 0 unspecified atom stereocenters. The van der Waals surface area contributed by atoms with Crippen molar-refractivity contribution < 1.29 is 9.21 Å². The number of carbonyl (C=O) groups is 1. The summed E-state index contributed by atoms with van der Waals surface area (Å²) in [5, 5.41) is 3.20. The highest BCUT2D eigenvalue weighted by Gasteiger charge is 2.21. The third kappa shape index (κ3) is 3.58. The maximum absolute atomic E-state index is 13.5. The van der Waals surface area contributed by atoms with Gasteiger partial charge in [0.25, 0.3) is 5.91 Å². The number of hydrogen-bond acceptors (Lipinski definition) is 2. The molecule has 5 rings (SSSR count). The monoisotopic (exact) mass is 391 g/mol. The minimum atomic E-state index is -0.108. The van der Waals surface area contributed by atoms with Crippen LogP contribution in [0.4, 0.5) is 0 Å².